The maximum Gasteiger partial charge on any atom is 0.340 e. The molecule has 6 nitrogen and oxygen atoms in total. The van der Waals surface area contributed by atoms with Crippen molar-refractivity contribution in [3.63, 3.8) is 0 Å². The summed E-state index contributed by atoms with van der Waals surface area (Å²) in [6.45, 7) is 1.46. The highest BCUT2D eigenvalue weighted by Gasteiger charge is 2.25. The fourth-order valence-electron chi connectivity index (χ4n) is 2.93. The van der Waals surface area contributed by atoms with E-state index in [4.69, 9.17) is 0 Å². The van der Waals surface area contributed by atoms with Crippen LogP contribution in [0.25, 0.3) is 0 Å². The first-order valence-corrected chi connectivity index (χ1v) is 7.68. The Hall–Kier alpha value is -2.37. The molecule has 0 spiro atoms. The first-order valence-electron chi connectivity index (χ1n) is 7.68. The Morgan fingerprint density at radius 2 is 1.95 bits per heavy atom. The van der Waals surface area contributed by atoms with E-state index in [-0.39, 0.29) is 17.5 Å². The fraction of sp³-hybridized carbons (Fsp3) is 0.438. The second kappa shape index (κ2) is 6.60. The van der Waals surface area contributed by atoms with Gasteiger partial charge in [-0.2, -0.15) is 5.10 Å². The van der Waals surface area contributed by atoms with Gasteiger partial charge in [0, 0.05) is 25.4 Å². The molecule has 0 atom stereocenters. The number of rotatable bonds is 4. The number of piperidine rings is 1. The van der Waals surface area contributed by atoms with Crippen LogP contribution in [0.2, 0.25) is 0 Å². The van der Waals surface area contributed by atoms with Gasteiger partial charge in [0.05, 0.1) is 0 Å². The van der Waals surface area contributed by atoms with Crippen molar-refractivity contribution in [1.29, 1.82) is 0 Å². The third-order valence-corrected chi connectivity index (χ3v) is 4.22. The lowest BCUT2D eigenvalue weighted by molar-refractivity contribution is -0.132. The molecule has 3 rings (SSSR count). The van der Waals surface area contributed by atoms with Gasteiger partial charge in [0.15, 0.2) is 0 Å². The van der Waals surface area contributed by atoms with Gasteiger partial charge in [0.1, 0.15) is 5.82 Å². The number of nitrogens with zero attached hydrogens (tertiary/aromatic N) is 2. The number of aryl methyl sites for hydroxylation is 1. The summed E-state index contributed by atoms with van der Waals surface area (Å²) in [4.78, 5) is 28.0. The van der Waals surface area contributed by atoms with E-state index >= 15 is 0 Å². The van der Waals surface area contributed by atoms with Crippen LogP contribution in [-0.2, 0) is 11.2 Å². The molecule has 0 bridgehead atoms. The van der Waals surface area contributed by atoms with Crippen LogP contribution in [0.5, 0.6) is 0 Å². The zero-order valence-corrected chi connectivity index (χ0v) is 12.4. The SMILES string of the molecule is O=C(CCc1ccccc1)N1CCC(c2n[nH]c(=O)[nH]2)CC1. The fourth-order valence-corrected chi connectivity index (χ4v) is 2.93. The monoisotopic (exact) mass is 300 g/mol. The number of hydrogen-bond donors (Lipinski definition) is 2. The lowest BCUT2D eigenvalue weighted by Crippen LogP contribution is -2.38. The molecular weight excluding hydrogens is 280 g/mol. The molecule has 116 valence electrons. The summed E-state index contributed by atoms with van der Waals surface area (Å²) < 4.78 is 0. The number of carbonyl (C=O) groups excluding carboxylic acids is 1. The summed E-state index contributed by atoms with van der Waals surface area (Å²) in [6.07, 6.45) is 3.02. The smallest absolute Gasteiger partial charge is 0.340 e. The Kier molecular flexibility index (Phi) is 4.37. The van der Waals surface area contributed by atoms with E-state index in [0.717, 1.165) is 32.4 Å². The summed E-state index contributed by atoms with van der Waals surface area (Å²) in [5.74, 6) is 1.15. The lowest BCUT2D eigenvalue weighted by atomic mass is 9.96. The number of aromatic nitrogens is 3. The molecule has 6 heteroatoms. The van der Waals surface area contributed by atoms with E-state index < -0.39 is 0 Å². The minimum atomic E-state index is -0.267. The molecule has 2 aromatic rings. The third-order valence-electron chi connectivity index (χ3n) is 4.22. The van der Waals surface area contributed by atoms with Crippen molar-refractivity contribution < 1.29 is 4.79 Å². The van der Waals surface area contributed by atoms with Gasteiger partial charge < -0.3 is 4.90 Å². The maximum absolute atomic E-state index is 12.3. The van der Waals surface area contributed by atoms with Gasteiger partial charge in [-0.05, 0) is 24.8 Å². The van der Waals surface area contributed by atoms with Gasteiger partial charge in [-0.3, -0.25) is 9.78 Å². The molecule has 2 heterocycles. The number of carbonyl (C=O) groups is 1. The average Bonchev–Trinajstić information content (AvgIpc) is 3.00. The van der Waals surface area contributed by atoms with Gasteiger partial charge in [-0.15, -0.1) is 0 Å². The van der Waals surface area contributed by atoms with Crippen molar-refractivity contribution in [2.24, 2.45) is 0 Å². The molecule has 1 amide bonds. The number of aromatic amines is 2. The molecule has 1 fully saturated rings. The Bertz CT molecular complexity index is 669. The van der Waals surface area contributed by atoms with Crippen LogP contribution < -0.4 is 5.69 Å². The quantitative estimate of drug-likeness (QED) is 0.896. The third kappa shape index (κ3) is 3.44. The predicted octanol–water partition coefficient (Wildman–Crippen LogP) is 1.44. The second-order valence-corrected chi connectivity index (χ2v) is 5.70. The molecule has 22 heavy (non-hydrogen) atoms. The molecule has 1 aromatic heterocycles. The van der Waals surface area contributed by atoms with E-state index in [1.807, 2.05) is 35.2 Å². The van der Waals surface area contributed by atoms with Crippen molar-refractivity contribution in [2.75, 3.05) is 13.1 Å². The number of nitrogens with one attached hydrogen (secondary N) is 2. The number of likely N-dealkylation sites (tertiary alicyclic amines) is 1. The second-order valence-electron chi connectivity index (χ2n) is 5.70. The standard InChI is InChI=1S/C16H20N4O2/c21-14(7-6-12-4-2-1-3-5-12)20-10-8-13(9-11-20)15-17-16(22)19-18-15/h1-5,13H,6-11H2,(H2,17,18,19,22). The minimum absolute atomic E-state index is 0.206. The van der Waals surface area contributed by atoms with Gasteiger partial charge in [-0.25, -0.2) is 9.89 Å². The highest BCUT2D eigenvalue weighted by Crippen LogP contribution is 2.25. The van der Waals surface area contributed by atoms with E-state index in [9.17, 15) is 9.59 Å². The normalized spacial score (nSPS) is 15.9. The van der Waals surface area contributed by atoms with Gasteiger partial charge in [0.2, 0.25) is 5.91 Å². The van der Waals surface area contributed by atoms with Crippen LogP contribution >= 0.6 is 0 Å². The van der Waals surface area contributed by atoms with E-state index in [1.54, 1.807) is 0 Å². The Morgan fingerprint density at radius 1 is 1.23 bits per heavy atom. The Morgan fingerprint density at radius 3 is 2.59 bits per heavy atom. The van der Waals surface area contributed by atoms with Crippen molar-refractivity contribution in [2.45, 2.75) is 31.6 Å². The zero-order valence-electron chi connectivity index (χ0n) is 12.4. The molecule has 0 unspecified atom stereocenters. The highest BCUT2D eigenvalue weighted by molar-refractivity contribution is 5.76. The van der Waals surface area contributed by atoms with Gasteiger partial charge >= 0.3 is 5.69 Å². The Balaban J connectivity index is 1.48. The van der Waals surface area contributed by atoms with Crippen LogP contribution in [0.1, 0.15) is 36.6 Å². The summed E-state index contributed by atoms with van der Waals surface area (Å²) >= 11 is 0. The van der Waals surface area contributed by atoms with Crippen LogP contribution in [0.15, 0.2) is 35.1 Å². The molecular formula is C16H20N4O2. The van der Waals surface area contributed by atoms with E-state index in [0.29, 0.717) is 12.2 Å². The summed E-state index contributed by atoms with van der Waals surface area (Å²) in [6, 6.07) is 10.1. The average molecular weight is 300 g/mol. The highest BCUT2D eigenvalue weighted by atomic mass is 16.2. The van der Waals surface area contributed by atoms with Crippen LogP contribution in [0.4, 0.5) is 0 Å². The predicted molar refractivity (Wildman–Crippen MR) is 82.5 cm³/mol. The van der Waals surface area contributed by atoms with Crippen molar-refractivity contribution in [1.82, 2.24) is 20.1 Å². The molecule has 0 aliphatic carbocycles. The summed E-state index contributed by atoms with van der Waals surface area (Å²) in [5, 5.41) is 6.39. The largest absolute Gasteiger partial charge is 0.343 e. The van der Waals surface area contributed by atoms with E-state index in [1.165, 1.54) is 5.56 Å². The van der Waals surface area contributed by atoms with Crippen molar-refractivity contribution in [3.8, 4) is 0 Å². The van der Waals surface area contributed by atoms with Crippen LogP contribution in [0.3, 0.4) is 0 Å². The zero-order chi connectivity index (χ0) is 15.4. The minimum Gasteiger partial charge on any atom is -0.343 e. The number of H-pyrrole nitrogens is 2. The molecule has 2 N–H and O–H groups in total. The number of amides is 1. The molecule has 1 aliphatic heterocycles. The topological polar surface area (TPSA) is 81.8 Å². The molecule has 0 saturated carbocycles. The van der Waals surface area contributed by atoms with Crippen molar-refractivity contribution >= 4 is 5.91 Å². The van der Waals surface area contributed by atoms with Crippen LogP contribution in [0, 0.1) is 0 Å². The molecule has 0 radical (unpaired) electrons. The number of hydrogen-bond acceptors (Lipinski definition) is 3. The lowest BCUT2D eigenvalue weighted by Gasteiger charge is -2.31. The molecule has 1 aromatic carbocycles. The summed E-state index contributed by atoms with van der Waals surface area (Å²) in [5.41, 5.74) is 0.927. The molecule has 1 saturated heterocycles. The van der Waals surface area contributed by atoms with Crippen LogP contribution in [-0.4, -0.2) is 39.1 Å². The first kappa shape index (κ1) is 14.6. The Labute approximate surface area is 128 Å². The van der Waals surface area contributed by atoms with Crippen molar-refractivity contribution in [3.05, 3.63) is 52.2 Å². The first-order chi connectivity index (χ1) is 10.7. The van der Waals surface area contributed by atoms with Gasteiger partial charge in [-0.1, -0.05) is 30.3 Å². The number of benzene rings is 1. The maximum atomic E-state index is 12.3. The van der Waals surface area contributed by atoms with Gasteiger partial charge in [0.25, 0.3) is 0 Å². The summed E-state index contributed by atoms with van der Waals surface area (Å²) in [7, 11) is 0. The van der Waals surface area contributed by atoms with E-state index in [2.05, 4.69) is 15.2 Å². The molecule has 1 aliphatic rings.